The van der Waals surface area contributed by atoms with Crippen LogP contribution in [-0.4, -0.2) is 33.3 Å². The number of rotatable bonds is 3. The summed E-state index contributed by atoms with van der Waals surface area (Å²) in [5.74, 6) is -1.04. The molecule has 0 radical (unpaired) electrons. The predicted octanol–water partition coefficient (Wildman–Crippen LogP) is 1.94. The van der Waals surface area contributed by atoms with Crippen molar-refractivity contribution in [2.45, 2.75) is 25.5 Å². The highest BCUT2D eigenvalue weighted by Crippen LogP contribution is 2.15. The molecule has 2 heterocycles. The molecule has 0 aliphatic carbocycles. The number of nitrogens with zero attached hydrogens (tertiary/aromatic N) is 1. The summed E-state index contributed by atoms with van der Waals surface area (Å²) < 4.78 is 7.30. The highest BCUT2D eigenvalue weighted by atomic mass is 32.1. The average molecular weight is 306 g/mol. The Morgan fingerprint density at radius 3 is 3.00 bits per heavy atom. The first kappa shape index (κ1) is 14.0. The van der Waals surface area contributed by atoms with Gasteiger partial charge in [-0.1, -0.05) is 0 Å². The van der Waals surface area contributed by atoms with E-state index in [2.05, 4.69) is 4.98 Å². The van der Waals surface area contributed by atoms with Crippen molar-refractivity contribution in [3.63, 3.8) is 0 Å². The first-order valence-corrected chi connectivity index (χ1v) is 7.09. The number of aromatic amines is 1. The SMILES string of the molecule is O=C(O)c1ccc2c(=O)n(C[C@H]3CCCO3)c(=S)[nH]c2c1. The Kier molecular flexibility index (Phi) is 3.60. The van der Waals surface area contributed by atoms with Gasteiger partial charge in [-0.15, -0.1) is 0 Å². The van der Waals surface area contributed by atoms with Crippen molar-refractivity contribution in [1.29, 1.82) is 0 Å². The van der Waals surface area contributed by atoms with Gasteiger partial charge < -0.3 is 14.8 Å². The Morgan fingerprint density at radius 2 is 2.33 bits per heavy atom. The summed E-state index contributed by atoms with van der Waals surface area (Å²) in [6, 6.07) is 4.35. The second kappa shape index (κ2) is 5.42. The molecule has 1 fully saturated rings. The largest absolute Gasteiger partial charge is 0.478 e. The van der Waals surface area contributed by atoms with Crippen LogP contribution in [0.15, 0.2) is 23.0 Å². The summed E-state index contributed by atoms with van der Waals surface area (Å²) in [6.07, 6.45) is 1.91. The molecule has 0 unspecified atom stereocenters. The lowest BCUT2D eigenvalue weighted by Gasteiger charge is -2.13. The van der Waals surface area contributed by atoms with E-state index in [0.717, 1.165) is 12.8 Å². The zero-order chi connectivity index (χ0) is 15.0. The lowest BCUT2D eigenvalue weighted by Crippen LogP contribution is -2.28. The molecule has 21 heavy (non-hydrogen) atoms. The van der Waals surface area contributed by atoms with Gasteiger partial charge in [0.15, 0.2) is 4.77 Å². The standard InChI is InChI=1S/C14H14N2O4S/c17-12-10-4-3-8(13(18)19)6-11(10)15-14(21)16(12)7-9-2-1-5-20-9/h3-4,6,9H,1-2,5,7H2,(H,15,21)(H,18,19)/t9-/m1/s1. The maximum Gasteiger partial charge on any atom is 0.335 e. The van der Waals surface area contributed by atoms with Gasteiger partial charge in [0.1, 0.15) is 0 Å². The summed E-state index contributed by atoms with van der Waals surface area (Å²) >= 11 is 5.21. The van der Waals surface area contributed by atoms with Gasteiger partial charge in [0.05, 0.1) is 29.1 Å². The number of fused-ring (bicyclic) bond motifs is 1. The number of aromatic nitrogens is 2. The predicted molar refractivity (Wildman–Crippen MR) is 79.3 cm³/mol. The first-order chi connectivity index (χ1) is 10.1. The quantitative estimate of drug-likeness (QED) is 0.847. The van der Waals surface area contributed by atoms with E-state index in [1.807, 2.05) is 0 Å². The number of carboxylic acid groups (broad SMARTS) is 1. The topological polar surface area (TPSA) is 84.3 Å². The molecule has 1 atom stereocenters. The van der Waals surface area contributed by atoms with E-state index in [0.29, 0.717) is 24.1 Å². The summed E-state index contributed by atoms with van der Waals surface area (Å²) in [7, 11) is 0. The third-order valence-corrected chi connectivity index (χ3v) is 3.96. The fraction of sp³-hybridized carbons (Fsp3) is 0.357. The van der Waals surface area contributed by atoms with Gasteiger partial charge in [0, 0.05) is 6.61 Å². The van der Waals surface area contributed by atoms with Crippen LogP contribution in [0.4, 0.5) is 0 Å². The van der Waals surface area contributed by atoms with E-state index < -0.39 is 5.97 Å². The van der Waals surface area contributed by atoms with Crippen LogP contribution in [0.3, 0.4) is 0 Å². The molecule has 0 bridgehead atoms. The van der Waals surface area contributed by atoms with Gasteiger partial charge >= 0.3 is 5.97 Å². The molecule has 0 spiro atoms. The van der Waals surface area contributed by atoms with Crippen molar-refractivity contribution in [2.75, 3.05) is 6.61 Å². The van der Waals surface area contributed by atoms with E-state index in [4.69, 9.17) is 22.1 Å². The molecule has 6 nitrogen and oxygen atoms in total. The molecule has 1 aliphatic heterocycles. The number of nitrogens with one attached hydrogen (secondary N) is 1. The second-order valence-corrected chi connectivity index (χ2v) is 5.43. The van der Waals surface area contributed by atoms with Crippen molar-refractivity contribution in [3.8, 4) is 0 Å². The number of carbonyl (C=O) groups is 1. The monoisotopic (exact) mass is 306 g/mol. The lowest BCUT2D eigenvalue weighted by molar-refractivity contribution is 0.0697. The summed E-state index contributed by atoms with van der Waals surface area (Å²) in [4.78, 5) is 26.4. The molecule has 2 N–H and O–H groups in total. The van der Waals surface area contributed by atoms with Crippen LogP contribution >= 0.6 is 12.2 Å². The zero-order valence-electron chi connectivity index (χ0n) is 11.2. The number of hydrogen-bond acceptors (Lipinski definition) is 4. The average Bonchev–Trinajstić information content (AvgIpc) is 2.95. The molecule has 1 aromatic heterocycles. The number of ether oxygens (including phenoxy) is 1. The van der Waals surface area contributed by atoms with Crippen molar-refractivity contribution in [3.05, 3.63) is 38.9 Å². The van der Waals surface area contributed by atoms with E-state index in [-0.39, 0.29) is 22.0 Å². The molecule has 1 aliphatic rings. The van der Waals surface area contributed by atoms with Crippen LogP contribution in [0, 0.1) is 4.77 Å². The Morgan fingerprint density at radius 1 is 1.52 bits per heavy atom. The van der Waals surface area contributed by atoms with Crippen molar-refractivity contribution in [1.82, 2.24) is 9.55 Å². The zero-order valence-corrected chi connectivity index (χ0v) is 12.0. The Hall–Kier alpha value is -1.99. The highest BCUT2D eigenvalue weighted by Gasteiger charge is 2.18. The molecule has 1 saturated heterocycles. The van der Waals surface area contributed by atoms with Crippen LogP contribution in [0.2, 0.25) is 0 Å². The van der Waals surface area contributed by atoms with E-state index in [9.17, 15) is 9.59 Å². The number of hydrogen-bond donors (Lipinski definition) is 2. The fourth-order valence-electron chi connectivity index (χ4n) is 2.55. The Balaban J connectivity index is 2.10. The van der Waals surface area contributed by atoms with Crippen molar-refractivity contribution < 1.29 is 14.6 Å². The molecule has 0 amide bonds. The third kappa shape index (κ3) is 2.62. The Bertz CT molecular complexity index is 818. The van der Waals surface area contributed by atoms with Gasteiger partial charge in [0.25, 0.3) is 5.56 Å². The second-order valence-electron chi connectivity index (χ2n) is 5.05. The maximum atomic E-state index is 12.5. The summed E-state index contributed by atoms with van der Waals surface area (Å²) in [6.45, 7) is 1.14. The van der Waals surface area contributed by atoms with E-state index in [1.54, 1.807) is 0 Å². The van der Waals surface area contributed by atoms with Crippen molar-refractivity contribution >= 4 is 29.1 Å². The van der Waals surface area contributed by atoms with Crippen molar-refractivity contribution in [2.24, 2.45) is 0 Å². The van der Waals surface area contributed by atoms with Crippen LogP contribution < -0.4 is 5.56 Å². The van der Waals surface area contributed by atoms with Crippen LogP contribution in [0.25, 0.3) is 10.9 Å². The molecule has 2 aromatic rings. The molecule has 7 heteroatoms. The van der Waals surface area contributed by atoms with Crippen LogP contribution in [0.5, 0.6) is 0 Å². The minimum Gasteiger partial charge on any atom is -0.478 e. The number of carboxylic acids is 1. The lowest BCUT2D eigenvalue weighted by atomic mass is 10.1. The third-order valence-electron chi connectivity index (χ3n) is 3.64. The number of aromatic carboxylic acids is 1. The van der Waals surface area contributed by atoms with Gasteiger partial charge in [-0.25, -0.2) is 4.79 Å². The van der Waals surface area contributed by atoms with E-state index >= 15 is 0 Å². The molecule has 3 rings (SSSR count). The minimum atomic E-state index is -1.04. The molecular formula is C14H14N2O4S. The normalized spacial score (nSPS) is 18.2. The molecule has 1 aromatic carbocycles. The maximum absolute atomic E-state index is 12.5. The summed E-state index contributed by atoms with van der Waals surface area (Å²) in [5.41, 5.74) is 0.333. The van der Waals surface area contributed by atoms with Crippen LogP contribution in [-0.2, 0) is 11.3 Å². The molecule has 110 valence electrons. The van der Waals surface area contributed by atoms with Gasteiger partial charge in [-0.05, 0) is 43.3 Å². The molecule has 0 saturated carbocycles. The fourth-order valence-corrected chi connectivity index (χ4v) is 2.81. The summed E-state index contributed by atoms with van der Waals surface area (Å²) in [5, 5.41) is 9.41. The van der Waals surface area contributed by atoms with Crippen LogP contribution in [0.1, 0.15) is 23.2 Å². The number of H-pyrrole nitrogens is 1. The van der Waals surface area contributed by atoms with E-state index in [1.165, 1.54) is 22.8 Å². The first-order valence-electron chi connectivity index (χ1n) is 6.68. The highest BCUT2D eigenvalue weighted by molar-refractivity contribution is 7.71. The van der Waals surface area contributed by atoms with Gasteiger partial charge in [0.2, 0.25) is 0 Å². The minimum absolute atomic E-state index is 0.00791. The smallest absolute Gasteiger partial charge is 0.335 e. The van der Waals surface area contributed by atoms with Gasteiger partial charge in [-0.2, -0.15) is 0 Å². The Labute approximate surface area is 125 Å². The number of benzene rings is 1. The molecular weight excluding hydrogens is 292 g/mol. The van der Waals surface area contributed by atoms with Gasteiger partial charge in [-0.3, -0.25) is 9.36 Å².